The average molecular weight is 347 g/mol. The fraction of sp³-hybridized carbons (Fsp3) is 0.471. The number of hydrogen-bond donors (Lipinski definition) is 1. The maximum absolute atomic E-state index is 11.9. The molecule has 3 heterocycles. The van der Waals surface area contributed by atoms with E-state index in [1.807, 2.05) is 28.9 Å². The standard InChI is InChI=1S/C17H21N3O3S/c1-23-14-4-2-3-12(9-14)17-15-10-18-7-5-16(15)20(19-17)13-6-8-24(21,22)11-13/h2-4,9,13,18H,5-8,10-11H2,1H3. The lowest BCUT2D eigenvalue weighted by atomic mass is 10.0. The van der Waals surface area contributed by atoms with Crippen LogP contribution in [0.1, 0.15) is 23.7 Å². The van der Waals surface area contributed by atoms with Gasteiger partial charge in [-0.15, -0.1) is 0 Å². The Kier molecular flexibility index (Phi) is 3.85. The molecule has 0 spiro atoms. The predicted octanol–water partition coefficient (Wildman–Crippen LogP) is 1.56. The van der Waals surface area contributed by atoms with Crippen LogP contribution in [0.25, 0.3) is 11.3 Å². The molecule has 1 unspecified atom stereocenters. The van der Waals surface area contributed by atoms with Crippen molar-refractivity contribution in [1.29, 1.82) is 0 Å². The third-order valence-electron chi connectivity index (χ3n) is 4.86. The number of benzene rings is 1. The number of nitrogens with one attached hydrogen (secondary N) is 1. The summed E-state index contributed by atoms with van der Waals surface area (Å²) in [6, 6.07) is 7.83. The maximum Gasteiger partial charge on any atom is 0.152 e. The first-order chi connectivity index (χ1) is 11.6. The average Bonchev–Trinajstić information content (AvgIpc) is 3.15. The molecule has 1 atom stereocenters. The van der Waals surface area contributed by atoms with E-state index in [2.05, 4.69) is 5.32 Å². The Morgan fingerprint density at radius 1 is 1.38 bits per heavy atom. The summed E-state index contributed by atoms with van der Waals surface area (Å²) >= 11 is 0. The molecule has 0 saturated carbocycles. The molecule has 1 N–H and O–H groups in total. The summed E-state index contributed by atoms with van der Waals surface area (Å²) in [7, 11) is -1.28. The van der Waals surface area contributed by atoms with Gasteiger partial charge in [-0.25, -0.2) is 8.42 Å². The van der Waals surface area contributed by atoms with E-state index < -0.39 is 9.84 Å². The van der Waals surface area contributed by atoms with Gasteiger partial charge in [0.05, 0.1) is 30.4 Å². The molecule has 1 fully saturated rings. The summed E-state index contributed by atoms with van der Waals surface area (Å²) in [5.74, 6) is 1.26. The van der Waals surface area contributed by atoms with E-state index in [4.69, 9.17) is 9.84 Å². The van der Waals surface area contributed by atoms with E-state index in [1.54, 1.807) is 7.11 Å². The largest absolute Gasteiger partial charge is 0.497 e. The van der Waals surface area contributed by atoms with Crippen LogP contribution in [0.5, 0.6) is 5.75 Å². The van der Waals surface area contributed by atoms with Gasteiger partial charge in [0.2, 0.25) is 0 Å². The van der Waals surface area contributed by atoms with Gasteiger partial charge in [-0.2, -0.15) is 5.10 Å². The zero-order chi connectivity index (χ0) is 16.7. The van der Waals surface area contributed by atoms with Crippen LogP contribution < -0.4 is 10.1 Å². The number of nitrogens with zero attached hydrogens (tertiary/aromatic N) is 2. The summed E-state index contributed by atoms with van der Waals surface area (Å²) in [5.41, 5.74) is 4.29. The van der Waals surface area contributed by atoms with E-state index in [9.17, 15) is 8.42 Å². The molecule has 2 aliphatic heterocycles. The van der Waals surface area contributed by atoms with Gasteiger partial charge in [0.15, 0.2) is 9.84 Å². The third kappa shape index (κ3) is 2.71. The molecule has 1 saturated heterocycles. The SMILES string of the molecule is COc1cccc(-c2nn(C3CCS(=O)(=O)C3)c3c2CNCC3)c1. The molecule has 2 aromatic rings. The fourth-order valence-electron chi connectivity index (χ4n) is 3.65. The van der Waals surface area contributed by atoms with E-state index in [1.165, 1.54) is 11.3 Å². The number of ether oxygens (including phenoxy) is 1. The first-order valence-electron chi connectivity index (χ1n) is 8.23. The molecule has 1 aromatic carbocycles. The molecule has 0 amide bonds. The normalized spacial score (nSPS) is 22.3. The van der Waals surface area contributed by atoms with Gasteiger partial charge < -0.3 is 10.1 Å². The Balaban J connectivity index is 1.80. The second-order valence-electron chi connectivity index (χ2n) is 6.43. The van der Waals surface area contributed by atoms with Crippen molar-refractivity contribution in [1.82, 2.24) is 15.1 Å². The predicted molar refractivity (Wildman–Crippen MR) is 91.9 cm³/mol. The molecule has 24 heavy (non-hydrogen) atoms. The Labute approximate surface area is 141 Å². The summed E-state index contributed by atoms with van der Waals surface area (Å²) in [5, 5.41) is 8.24. The van der Waals surface area contributed by atoms with E-state index in [-0.39, 0.29) is 17.5 Å². The summed E-state index contributed by atoms with van der Waals surface area (Å²) in [6.07, 6.45) is 1.53. The number of hydrogen-bond acceptors (Lipinski definition) is 5. The van der Waals surface area contributed by atoms with Crippen molar-refractivity contribution < 1.29 is 13.2 Å². The van der Waals surface area contributed by atoms with Crippen LogP contribution in [-0.2, 0) is 22.8 Å². The van der Waals surface area contributed by atoms with E-state index in [0.717, 1.165) is 36.5 Å². The lowest BCUT2D eigenvalue weighted by Gasteiger charge is -2.18. The van der Waals surface area contributed by atoms with Crippen LogP contribution >= 0.6 is 0 Å². The van der Waals surface area contributed by atoms with Gasteiger partial charge in [0.25, 0.3) is 0 Å². The van der Waals surface area contributed by atoms with Crippen LogP contribution in [0.3, 0.4) is 0 Å². The van der Waals surface area contributed by atoms with Crippen molar-refractivity contribution in [3.05, 3.63) is 35.5 Å². The Bertz CT molecular complexity index is 873. The van der Waals surface area contributed by atoms with Crippen LogP contribution in [0.2, 0.25) is 0 Å². The van der Waals surface area contributed by atoms with Crippen molar-refractivity contribution in [2.24, 2.45) is 0 Å². The molecule has 0 aliphatic carbocycles. The lowest BCUT2D eigenvalue weighted by molar-refractivity contribution is 0.415. The smallest absolute Gasteiger partial charge is 0.152 e. The number of sulfone groups is 1. The molecule has 2 aliphatic rings. The molecular weight excluding hydrogens is 326 g/mol. The lowest BCUT2D eigenvalue weighted by Crippen LogP contribution is -2.26. The minimum absolute atomic E-state index is 0.0405. The zero-order valence-corrected chi connectivity index (χ0v) is 14.5. The highest BCUT2D eigenvalue weighted by Crippen LogP contribution is 2.33. The van der Waals surface area contributed by atoms with Gasteiger partial charge in [0, 0.05) is 36.3 Å². The molecule has 0 bridgehead atoms. The Morgan fingerprint density at radius 2 is 2.25 bits per heavy atom. The molecular formula is C17H21N3O3S. The highest BCUT2D eigenvalue weighted by atomic mass is 32.2. The van der Waals surface area contributed by atoms with Crippen molar-refractivity contribution in [2.45, 2.75) is 25.4 Å². The topological polar surface area (TPSA) is 73.2 Å². The monoisotopic (exact) mass is 347 g/mol. The van der Waals surface area contributed by atoms with Gasteiger partial charge >= 0.3 is 0 Å². The maximum atomic E-state index is 11.9. The number of rotatable bonds is 3. The molecule has 0 radical (unpaired) electrons. The van der Waals surface area contributed by atoms with Crippen LogP contribution in [0.15, 0.2) is 24.3 Å². The number of fused-ring (bicyclic) bond motifs is 1. The van der Waals surface area contributed by atoms with Gasteiger partial charge in [-0.1, -0.05) is 12.1 Å². The molecule has 7 heteroatoms. The number of aromatic nitrogens is 2. The molecule has 4 rings (SSSR count). The fourth-order valence-corrected chi connectivity index (χ4v) is 5.34. The van der Waals surface area contributed by atoms with Crippen LogP contribution in [-0.4, -0.2) is 43.4 Å². The van der Waals surface area contributed by atoms with Crippen molar-refractivity contribution in [2.75, 3.05) is 25.2 Å². The molecule has 6 nitrogen and oxygen atoms in total. The summed E-state index contributed by atoms with van der Waals surface area (Å²) in [6.45, 7) is 1.66. The quantitative estimate of drug-likeness (QED) is 0.912. The van der Waals surface area contributed by atoms with Gasteiger partial charge in [-0.3, -0.25) is 4.68 Å². The van der Waals surface area contributed by atoms with E-state index >= 15 is 0 Å². The van der Waals surface area contributed by atoms with Gasteiger partial charge in [-0.05, 0) is 18.6 Å². The summed E-state index contributed by atoms with van der Waals surface area (Å²) in [4.78, 5) is 0. The highest BCUT2D eigenvalue weighted by Gasteiger charge is 2.33. The van der Waals surface area contributed by atoms with Crippen molar-refractivity contribution in [3.8, 4) is 17.0 Å². The summed E-state index contributed by atoms with van der Waals surface area (Å²) < 4.78 is 31.1. The van der Waals surface area contributed by atoms with Crippen molar-refractivity contribution >= 4 is 9.84 Å². The Morgan fingerprint density at radius 3 is 3.00 bits per heavy atom. The molecule has 1 aromatic heterocycles. The van der Waals surface area contributed by atoms with E-state index in [0.29, 0.717) is 6.42 Å². The van der Waals surface area contributed by atoms with Crippen LogP contribution in [0.4, 0.5) is 0 Å². The first kappa shape index (κ1) is 15.7. The highest BCUT2D eigenvalue weighted by molar-refractivity contribution is 7.91. The van der Waals surface area contributed by atoms with Crippen molar-refractivity contribution in [3.63, 3.8) is 0 Å². The third-order valence-corrected chi connectivity index (χ3v) is 6.61. The number of methoxy groups -OCH3 is 1. The van der Waals surface area contributed by atoms with Crippen LogP contribution in [0, 0.1) is 0 Å². The second kappa shape index (κ2) is 5.89. The second-order valence-corrected chi connectivity index (χ2v) is 8.66. The molecule has 128 valence electrons. The van der Waals surface area contributed by atoms with Gasteiger partial charge in [0.1, 0.15) is 5.75 Å². The minimum atomic E-state index is -2.93. The Hall–Kier alpha value is -1.86. The first-order valence-corrected chi connectivity index (χ1v) is 10.1. The minimum Gasteiger partial charge on any atom is -0.497 e. The zero-order valence-electron chi connectivity index (χ0n) is 13.7.